The molecular weight excluding hydrogens is 472 g/mol. The molecule has 3 saturated heterocycles. The molecule has 0 aromatic heterocycles. The summed E-state index contributed by atoms with van der Waals surface area (Å²) < 4.78 is 22.0. The van der Waals surface area contributed by atoms with Crippen molar-refractivity contribution in [2.45, 2.75) is 97.3 Å². The molecule has 0 aromatic rings. The van der Waals surface area contributed by atoms with Crippen molar-refractivity contribution in [1.29, 1.82) is 0 Å². The summed E-state index contributed by atoms with van der Waals surface area (Å²) in [6.07, 6.45) is -20.0. The quantitative estimate of drug-likeness (QED) is 0.162. The van der Waals surface area contributed by atoms with Crippen molar-refractivity contribution in [2.75, 3.05) is 13.2 Å². The molecule has 0 amide bonds. The van der Waals surface area contributed by atoms with Gasteiger partial charge in [0.15, 0.2) is 12.6 Å². The Morgan fingerprint density at radius 2 is 1.18 bits per heavy atom. The molecule has 194 valence electrons. The van der Waals surface area contributed by atoms with Crippen LogP contribution in [0.25, 0.3) is 0 Å². The van der Waals surface area contributed by atoms with Crippen molar-refractivity contribution in [2.24, 2.45) is 0 Å². The SMILES string of the molecule is CC1O[C@@H](OC2C(O)[C@H](O)SC(CO)[C@H]2O[C@@H]2OC(CO)[C@H](O)C(O)C2O)C(O)C(O)[C@@H]1O. The first-order valence-electron chi connectivity index (χ1n) is 10.4. The topological polar surface area (TPSA) is 239 Å². The molecule has 0 radical (unpaired) electrons. The molecule has 10 N–H and O–H groups in total. The highest BCUT2D eigenvalue weighted by Crippen LogP contribution is 2.38. The highest BCUT2D eigenvalue weighted by Gasteiger charge is 2.53. The molecule has 33 heavy (non-hydrogen) atoms. The van der Waals surface area contributed by atoms with E-state index in [1.807, 2.05) is 0 Å². The fraction of sp³-hybridized carbons (Fsp3) is 1.00. The minimum atomic E-state index is -1.79. The van der Waals surface area contributed by atoms with Crippen molar-refractivity contribution in [3.05, 3.63) is 0 Å². The van der Waals surface area contributed by atoms with Gasteiger partial charge in [-0.05, 0) is 6.92 Å². The minimum absolute atomic E-state index is 0.595. The highest BCUT2D eigenvalue weighted by atomic mass is 32.2. The fourth-order valence-electron chi connectivity index (χ4n) is 3.99. The molecule has 15 heteroatoms. The molecule has 15 atom stereocenters. The van der Waals surface area contributed by atoms with E-state index in [0.29, 0.717) is 0 Å². The Balaban J connectivity index is 1.83. The predicted octanol–water partition coefficient (Wildman–Crippen LogP) is -5.83. The van der Waals surface area contributed by atoms with Crippen LogP contribution in [-0.2, 0) is 18.9 Å². The second kappa shape index (κ2) is 11.2. The Kier molecular flexibility index (Phi) is 9.32. The zero-order valence-electron chi connectivity index (χ0n) is 17.6. The van der Waals surface area contributed by atoms with Gasteiger partial charge in [-0.15, -0.1) is 11.8 Å². The van der Waals surface area contributed by atoms with Crippen LogP contribution in [0.15, 0.2) is 0 Å². The minimum Gasteiger partial charge on any atom is -0.395 e. The molecule has 3 aliphatic heterocycles. The van der Waals surface area contributed by atoms with Gasteiger partial charge in [0, 0.05) is 0 Å². The molecule has 3 heterocycles. The first-order valence-corrected chi connectivity index (χ1v) is 11.4. The lowest BCUT2D eigenvalue weighted by atomic mass is 9.98. The van der Waals surface area contributed by atoms with Crippen LogP contribution in [0.1, 0.15) is 6.92 Å². The summed E-state index contributed by atoms with van der Waals surface area (Å²) in [4.78, 5) is 0. The van der Waals surface area contributed by atoms with Gasteiger partial charge >= 0.3 is 0 Å². The van der Waals surface area contributed by atoms with E-state index in [9.17, 15) is 51.1 Å². The van der Waals surface area contributed by atoms with Gasteiger partial charge < -0.3 is 70.0 Å². The maximum atomic E-state index is 10.6. The number of hydrogen-bond acceptors (Lipinski definition) is 15. The van der Waals surface area contributed by atoms with Crippen LogP contribution < -0.4 is 0 Å². The number of hydrogen-bond donors (Lipinski definition) is 10. The molecule has 0 aromatic carbocycles. The van der Waals surface area contributed by atoms with Crippen LogP contribution in [0, 0.1) is 0 Å². The van der Waals surface area contributed by atoms with Crippen LogP contribution >= 0.6 is 11.8 Å². The van der Waals surface area contributed by atoms with Crippen LogP contribution in [-0.4, -0.2) is 155 Å². The van der Waals surface area contributed by atoms with Crippen LogP contribution in [0.2, 0.25) is 0 Å². The summed E-state index contributed by atoms with van der Waals surface area (Å²) in [6, 6.07) is 0. The molecule has 3 aliphatic rings. The first kappa shape index (κ1) is 27.4. The summed E-state index contributed by atoms with van der Waals surface area (Å²) in [5, 5.41) is 99.4. The van der Waals surface area contributed by atoms with E-state index < -0.39 is 104 Å². The summed E-state index contributed by atoms with van der Waals surface area (Å²) in [6.45, 7) is 0.105. The number of thioether (sulfide) groups is 1. The molecule has 3 fully saturated rings. The van der Waals surface area contributed by atoms with Crippen molar-refractivity contribution < 1.29 is 70.0 Å². The van der Waals surface area contributed by atoms with Crippen molar-refractivity contribution in [3.8, 4) is 0 Å². The average Bonchev–Trinajstić information content (AvgIpc) is 2.80. The van der Waals surface area contributed by atoms with Gasteiger partial charge in [-0.3, -0.25) is 0 Å². The number of aliphatic hydroxyl groups is 10. The first-order chi connectivity index (χ1) is 15.5. The van der Waals surface area contributed by atoms with E-state index in [1.165, 1.54) is 6.92 Å². The zero-order valence-corrected chi connectivity index (χ0v) is 18.4. The summed E-state index contributed by atoms with van der Waals surface area (Å²) >= 11 is 0.728. The lowest BCUT2D eigenvalue weighted by Crippen LogP contribution is -2.65. The van der Waals surface area contributed by atoms with E-state index in [-0.39, 0.29) is 0 Å². The summed E-state index contributed by atoms with van der Waals surface area (Å²) in [5.74, 6) is 0. The molecule has 0 bridgehead atoms. The third-order valence-electron chi connectivity index (χ3n) is 6.05. The Hall–Kier alpha value is -0.210. The van der Waals surface area contributed by atoms with Gasteiger partial charge in [-0.25, -0.2) is 0 Å². The molecular formula is C18H32O14S. The molecule has 0 saturated carbocycles. The maximum Gasteiger partial charge on any atom is 0.187 e. The fourth-order valence-corrected chi connectivity index (χ4v) is 5.12. The highest BCUT2D eigenvalue weighted by molar-refractivity contribution is 8.00. The third kappa shape index (κ3) is 5.47. The molecule has 14 nitrogen and oxygen atoms in total. The van der Waals surface area contributed by atoms with Crippen LogP contribution in [0.3, 0.4) is 0 Å². The third-order valence-corrected chi connectivity index (χ3v) is 7.38. The lowest BCUT2D eigenvalue weighted by molar-refractivity contribution is -0.346. The largest absolute Gasteiger partial charge is 0.395 e. The number of rotatable bonds is 6. The van der Waals surface area contributed by atoms with Crippen LogP contribution in [0.5, 0.6) is 0 Å². The molecule has 3 rings (SSSR count). The van der Waals surface area contributed by atoms with E-state index in [1.54, 1.807) is 0 Å². The van der Waals surface area contributed by atoms with Crippen LogP contribution in [0.4, 0.5) is 0 Å². The van der Waals surface area contributed by atoms with Gasteiger partial charge in [0.25, 0.3) is 0 Å². The lowest BCUT2D eigenvalue weighted by Gasteiger charge is -2.48. The molecule has 0 aliphatic carbocycles. The Morgan fingerprint density at radius 3 is 1.76 bits per heavy atom. The van der Waals surface area contributed by atoms with Crippen molar-refractivity contribution in [1.82, 2.24) is 0 Å². The molecule has 9 unspecified atom stereocenters. The number of aliphatic hydroxyl groups excluding tert-OH is 10. The normalized spacial score (nSPS) is 53.7. The van der Waals surface area contributed by atoms with Gasteiger partial charge in [-0.1, -0.05) is 0 Å². The zero-order chi connectivity index (χ0) is 24.6. The van der Waals surface area contributed by atoms with Crippen molar-refractivity contribution in [3.63, 3.8) is 0 Å². The Labute approximate surface area is 192 Å². The van der Waals surface area contributed by atoms with E-state index in [2.05, 4.69) is 0 Å². The standard InChI is InChI=1S/C18H32O14S/c1-4-7(21)9(23)11(25)17(29-4)32-15-13(27)16(28)33-6(3-20)14(15)31-18-12(26)10(24)8(22)5(2-19)30-18/h4-28H,2-3H2,1H3/t4?,5?,6?,7-,8+,9?,10?,11?,12?,13?,14-,15?,16-,17+,18+/m1/s1. The van der Waals surface area contributed by atoms with Gasteiger partial charge in [0.05, 0.1) is 24.6 Å². The Morgan fingerprint density at radius 1 is 0.636 bits per heavy atom. The van der Waals surface area contributed by atoms with Gasteiger partial charge in [0.1, 0.15) is 66.5 Å². The Bertz CT molecular complexity index is 629. The van der Waals surface area contributed by atoms with E-state index >= 15 is 0 Å². The smallest absolute Gasteiger partial charge is 0.187 e. The summed E-state index contributed by atoms with van der Waals surface area (Å²) in [7, 11) is 0. The second-order valence-corrected chi connectivity index (χ2v) is 9.68. The summed E-state index contributed by atoms with van der Waals surface area (Å²) in [5.41, 5.74) is -1.46. The second-order valence-electron chi connectivity index (χ2n) is 8.32. The monoisotopic (exact) mass is 504 g/mol. The van der Waals surface area contributed by atoms with E-state index in [0.717, 1.165) is 11.8 Å². The maximum absolute atomic E-state index is 10.6. The predicted molar refractivity (Wildman–Crippen MR) is 106 cm³/mol. The van der Waals surface area contributed by atoms with E-state index in [4.69, 9.17) is 18.9 Å². The number of ether oxygens (including phenoxy) is 4. The van der Waals surface area contributed by atoms with Gasteiger partial charge in [0.2, 0.25) is 0 Å². The molecule has 0 spiro atoms. The van der Waals surface area contributed by atoms with Gasteiger partial charge in [-0.2, -0.15) is 0 Å². The van der Waals surface area contributed by atoms with Crippen molar-refractivity contribution >= 4 is 11.8 Å². The average molecular weight is 505 g/mol.